The van der Waals surface area contributed by atoms with Gasteiger partial charge in [-0.15, -0.1) is 10.2 Å². The van der Waals surface area contributed by atoms with Crippen molar-refractivity contribution in [1.82, 2.24) is 19.3 Å². The van der Waals surface area contributed by atoms with Crippen LogP contribution in [0.15, 0.2) is 35.5 Å². The molecule has 0 N–H and O–H groups in total. The zero-order valence-corrected chi connectivity index (χ0v) is 22.1. The van der Waals surface area contributed by atoms with E-state index in [9.17, 15) is 4.79 Å². The predicted molar refractivity (Wildman–Crippen MR) is 140 cm³/mol. The van der Waals surface area contributed by atoms with E-state index < -0.39 is 0 Å². The average molecular weight is 498 g/mol. The van der Waals surface area contributed by atoms with Crippen molar-refractivity contribution in [2.24, 2.45) is 0 Å². The molecule has 1 aromatic carbocycles. The molecule has 0 aliphatic carbocycles. The first kappa shape index (κ1) is 25.3. The Hall–Kier alpha value is -2.78. The van der Waals surface area contributed by atoms with Crippen LogP contribution in [-0.4, -0.2) is 64.8 Å². The molecule has 0 unspecified atom stereocenters. The van der Waals surface area contributed by atoms with Gasteiger partial charge in [0.05, 0.1) is 31.2 Å². The average Bonchev–Trinajstić information content (AvgIpc) is 3.43. The number of thioether (sulfide) groups is 1. The second-order valence-electron chi connectivity index (χ2n) is 9.01. The highest BCUT2D eigenvalue weighted by atomic mass is 32.2. The summed E-state index contributed by atoms with van der Waals surface area (Å²) in [5.74, 6) is 1.90. The third kappa shape index (κ3) is 5.26. The monoisotopic (exact) mass is 497 g/mol. The Kier molecular flexibility index (Phi) is 8.18. The molecule has 8 nitrogen and oxygen atoms in total. The number of hydrogen-bond acceptors (Lipinski definition) is 7. The highest BCUT2D eigenvalue weighted by molar-refractivity contribution is 7.99. The molecule has 0 spiro atoms. The molecule has 1 saturated heterocycles. The molecule has 3 heterocycles. The van der Waals surface area contributed by atoms with Crippen molar-refractivity contribution in [3.63, 3.8) is 0 Å². The Morgan fingerprint density at radius 2 is 1.86 bits per heavy atom. The van der Waals surface area contributed by atoms with Crippen molar-refractivity contribution in [2.75, 3.05) is 44.6 Å². The van der Waals surface area contributed by atoms with Gasteiger partial charge in [-0.2, -0.15) is 0 Å². The second-order valence-corrected chi connectivity index (χ2v) is 9.95. The van der Waals surface area contributed by atoms with Gasteiger partial charge in [0.2, 0.25) is 5.95 Å². The number of aromatic nitrogens is 4. The van der Waals surface area contributed by atoms with Crippen LogP contribution in [0.5, 0.6) is 5.75 Å². The molecule has 2 aromatic heterocycles. The lowest BCUT2D eigenvalue weighted by Gasteiger charge is -2.28. The molecule has 1 aliphatic rings. The van der Waals surface area contributed by atoms with E-state index >= 15 is 0 Å². The summed E-state index contributed by atoms with van der Waals surface area (Å²) in [5.41, 5.74) is 3.66. The van der Waals surface area contributed by atoms with Crippen LogP contribution in [0.25, 0.3) is 5.69 Å². The number of carbonyl (C=O) groups excluding carboxylic acids is 1. The van der Waals surface area contributed by atoms with Gasteiger partial charge in [0, 0.05) is 37.2 Å². The summed E-state index contributed by atoms with van der Waals surface area (Å²) in [7, 11) is 3.36. The molecule has 0 saturated carbocycles. The van der Waals surface area contributed by atoms with Gasteiger partial charge in [-0.1, -0.05) is 23.9 Å². The highest BCUT2D eigenvalue weighted by Gasteiger charge is 2.25. The van der Waals surface area contributed by atoms with Crippen molar-refractivity contribution in [3.05, 3.63) is 47.3 Å². The van der Waals surface area contributed by atoms with E-state index in [4.69, 9.17) is 9.47 Å². The van der Waals surface area contributed by atoms with E-state index in [0.29, 0.717) is 11.8 Å². The minimum atomic E-state index is 0.0769. The number of carbonyl (C=O) groups is 1. The number of aryl methyl sites for hydroxylation is 1. The van der Waals surface area contributed by atoms with E-state index in [0.717, 1.165) is 60.3 Å². The summed E-state index contributed by atoms with van der Waals surface area (Å²) >= 11 is 1.41. The Balaban J connectivity index is 1.62. The highest BCUT2D eigenvalue weighted by Crippen LogP contribution is 2.33. The fourth-order valence-electron chi connectivity index (χ4n) is 4.94. The maximum Gasteiger partial charge on any atom is 0.232 e. The Morgan fingerprint density at radius 1 is 1.11 bits per heavy atom. The Morgan fingerprint density at radius 3 is 2.57 bits per heavy atom. The zero-order valence-electron chi connectivity index (χ0n) is 21.3. The fourth-order valence-corrected chi connectivity index (χ4v) is 5.76. The Labute approximate surface area is 211 Å². The van der Waals surface area contributed by atoms with Crippen LogP contribution in [0.4, 0.5) is 5.95 Å². The quantitative estimate of drug-likeness (QED) is 0.292. The first-order valence-corrected chi connectivity index (χ1v) is 13.1. The maximum atomic E-state index is 13.3. The minimum Gasteiger partial charge on any atom is -0.495 e. The summed E-state index contributed by atoms with van der Waals surface area (Å²) < 4.78 is 15.2. The number of rotatable bonds is 10. The molecule has 3 aromatic rings. The van der Waals surface area contributed by atoms with E-state index in [2.05, 4.69) is 26.6 Å². The van der Waals surface area contributed by atoms with Gasteiger partial charge < -0.3 is 18.9 Å². The number of ether oxygens (including phenoxy) is 2. The summed E-state index contributed by atoms with van der Waals surface area (Å²) in [4.78, 5) is 15.6. The van der Waals surface area contributed by atoms with Crippen molar-refractivity contribution in [2.45, 2.75) is 51.2 Å². The van der Waals surface area contributed by atoms with Crippen molar-refractivity contribution in [3.8, 4) is 11.4 Å². The molecular formula is C26H35N5O3S. The number of para-hydroxylation sites is 2. The predicted octanol–water partition coefficient (Wildman–Crippen LogP) is 4.87. The van der Waals surface area contributed by atoms with Crippen LogP contribution >= 0.6 is 11.8 Å². The summed E-state index contributed by atoms with van der Waals surface area (Å²) in [5, 5.41) is 9.75. The van der Waals surface area contributed by atoms with E-state index in [1.165, 1.54) is 18.2 Å². The Bertz CT molecular complexity index is 1170. The lowest BCUT2D eigenvalue weighted by Crippen LogP contribution is -2.31. The minimum absolute atomic E-state index is 0.0769. The van der Waals surface area contributed by atoms with Crippen molar-refractivity contribution in [1.29, 1.82) is 0 Å². The fraction of sp³-hybridized carbons (Fsp3) is 0.500. The topological polar surface area (TPSA) is 74.4 Å². The van der Waals surface area contributed by atoms with E-state index in [1.54, 1.807) is 14.2 Å². The molecule has 4 rings (SSSR count). The van der Waals surface area contributed by atoms with E-state index in [1.807, 2.05) is 48.7 Å². The molecule has 188 valence electrons. The lowest BCUT2D eigenvalue weighted by atomic mass is 10.1. The van der Waals surface area contributed by atoms with Crippen molar-refractivity contribution < 1.29 is 14.3 Å². The van der Waals surface area contributed by atoms with Gasteiger partial charge in [0.15, 0.2) is 10.9 Å². The number of methoxy groups -OCH3 is 2. The molecule has 1 aliphatic heterocycles. The summed E-state index contributed by atoms with van der Waals surface area (Å²) in [6, 6.07) is 10.0. The van der Waals surface area contributed by atoms with Crippen LogP contribution in [0.2, 0.25) is 0 Å². The molecule has 0 radical (unpaired) electrons. The van der Waals surface area contributed by atoms with Crippen LogP contribution in [0.1, 0.15) is 54.0 Å². The normalized spacial score (nSPS) is 14.8. The number of ketones is 1. The van der Waals surface area contributed by atoms with Gasteiger partial charge in [0.1, 0.15) is 5.75 Å². The molecule has 9 heteroatoms. The lowest BCUT2D eigenvalue weighted by molar-refractivity contribution is 0.102. The number of piperidine rings is 1. The number of nitrogens with zero attached hydrogens (tertiary/aromatic N) is 5. The second kappa shape index (κ2) is 11.3. The van der Waals surface area contributed by atoms with Crippen LogP contribution in [-0.2, 0) is 4.74 Å². The van der Waals surface area contributed by atoms with Gasteiger partial charge in [-0.3, -0.25) is 9.36 Å². The zero-order chi connectivity index (χ0) is 24.9. The molecule has 1 fully saturated rings. The standard InChI is InChI=1S/C26H35N5O3S/c1-18-15-21(20(3)30(18)19(2)16-33-4)23(32)17-35-26-28-27-25(29-13-9-6-10-14-29)31(26)22-11-7-8-12-24(22)34-5/h7-8,11-12,15,19H,6,9-10,13-14,16-17H2,1-5H3/t19-/m0/s1. The first-order valence-electron chi connectivity index (χ1n) is 12.1. The molecule has 0 amide bonds. The molecule has 1 atom stereocenters. The number of hydrogen-bond donors (Lipinski definition) is 0. The largest absolute Gasteiger partial charge is 0.495 e. The maximum absolute atomic E-state index is 13.3. The van der Waals surface area contributed by atoms with Gasteiger partial charge in [-0.25, -0.2) is 0 Å². The number of Topliss-reactive ketones (excluding diaryl/α,β-unsaturated/α-hetero) is 1. The van der Waals surface area contributed by atoms with Gasteiger partial charge in [0.25, 0.3) is 0 Å². The first-order chi connectivity index (χ1) is 17.0. The smallest absolute Gasteiger partial charge is 0.232 e. The van der Waals surface area contributed by atoms with Crippen molar-refractivity contribution >= 4 is 23.5 Å². The molecule has 0 bridgehead atoms. The van der Waals surface area contributed by atoms with Crippen LogP contribution < -0.4 is 9.64 Å². The number of benzene rings is 1. The third-order valence-corrected chi connectivity index (χ3v) is 7.48. The molecular weight excluding hydrogens is 462 g/mol. The summed E-state index contributed by atoms with van der Waals surface area (Å²) in [6.07, 6.45) is 3.50. The SMILES string of the molecule is COC[C@H](C)n1c(C)cc(C(=O)CSc2nnc(N3CCCCC3)n2-c2ccccc2OC)c1C. The van der Waals surface area contributed by atoms with E-state index in [-0.39, 0.29) is 17.6 Å². The van der Waals surface area contributed by atoms with Gasteiger partial charge in [-0.05, 0) is 58.2 Å². The molecule has 35 heavy (non-hydrogen) atoms. The number of anilines is 1. The summed E-state index contributed by atoms with van der Waals surface area (Å²) in [6.45, 7) is 8.63. The van der Waals surface area contributed by atoms with Crippen LogP contribution in [0.3, 0.4) is 0 Å². The third-order valence-electron chi connectivity index (χ3n) is 6.55. The van der Waals surface area contributed by atoms with Gasteiger partial charge >= 0.3 is 0 Å². The van der Waals surface area contributed by atoms with Crippen LogP contribution in [0, 0.1) is 13.8 Å².